The lowest BCUT2D eigenvalue weighted by Gasteiger charge is -1.99. The first kappa shape index (κ1) is 18.8. The largest absolute Gasteiger partial charge is 0.454 e. The van der Waals surface area contributed by atoms with Crippen LogP contribution in [-0.4, -0.2) is 11.8 Å². The molecule has 4 rings (SSSR count). The van der Waals surface area contributed by atoms with Crippen molar-refractivity contribution in [3.05, 3.63) is 75.0 Å². The predicted octanol–water partition coefficient (Wildman–Crippen LogP) is 6.49. The monoisotopic (exact) mass is 470 g/mol. The molecular weight excluding hydrogens is 460 g/mol. The Morgan fingerprint density at radius 3 is 2.71 bits per heavy atom. The summed E-state index contributed by atoms with van der Waals surface area (Å²) in [5.41, 5.74) is 3.01. The van der Waals surface area contributed by atoms with Crippen molar-refractivity contribution in [3.8, 4) is 28.8 Å². The molecule has 0 spiro atoms. The third kappa shape index (κ3) is 3.97. The number of hydrogen-bond donors (Lipinski definition) is 0. The van der Waals surface area contributed by atoms with Crippen molar-refractivity contribution in [2.45, 2.75) is 0 Å². The van der Waals surface area contributed by atoms with E-state index in [0.717, 1.165) is 27.0 Å². The minimum absolute atomic E-state index is 0.230. The van der Waals surface area contributed by atoms with E-state index in [1.165, 1.54) is 11.3 Å². The van der Waals surface area contributed by atoms with E-state index in [9.17, 15) is 5.26 Å². The van der Waals surface area contributed by atoms with Crippen molar-refractivity contribution >= 4 is 49.5 Å². The van der Waals surface area contributed by atoms with Crippen molar-refractivity contribution in [2.24, 2.45) is 0 Å². The summed E-state index contributed by atoms with van der Waals surface area (Å²) >= 11 is 11.2. The summed E-state index contributed by atoms with van der Waals surface area (Å²) in [5, 5.41) is 12.6. The van der Waals surface area contributed by atoms with Crippen LogP contribution in [0.5, 0.6) is 11.5 Å². The number of fused-ring (bicyclic) bond motifs is 1. The Kier molecular flexibility index (Phi) is 5.49. The molecule has 28 heavy (non-hydrogen) atoms. The fourth-order valence-electron chi connectivity index (χ4n) is 2.60. The number of halogens is 2. The summed E-state index contributed by atoms with van der Waals surface area (Å²) in [7, 11) is 0. The van der Waals surface area contributed by atoms with Crippen LogP contribution in [0.15, 0.2) is 64.5 Å². The van der Waals surface area contributed by atoms with Crippen molar-refractivity contribution < 1.29 is 9.47 Å². The predicted molar refractivity (Wildman–Crippen MR) is 115 cm³/mol. The molecule has 4 nitrogen and oxygen atoms in total. The molecule has 0 unspecified atom stereocenters. The summed E-state index contributed by atoms with van der Waals surface area (Å²) in [5.74, 6) is 1.43. The van der Waals surface area contributed by atoms with E-state index in [2.05, 4.69) is 27.0 Å². The highest BCUT2D eigenvalue weighted by atomic mass is 79.9. The highest BCUT2D eigenvalue weighted by Gasteiger charge is 2.15. The van der Waals surface area contributed by atoms with Crippen LogP contribution in [0, 0.1) is 11.3 Å². The van der Waals surface area contributed by atoms with E-state index in [-0.39, 0.29) is 6.79 Å². The Morgan fingerprint density at radius 2 is 1.93 bits per heavy atom. The molecular formula is C21H12BrClN2O2S. The van der Waals surface area contributed by atoms with Gasteiger partial charge in [-0.15, -0.1) is 11.3 Å². The van der Waals surface area contributed by atoms with Crippen molar-refractivity contribution in [1.82, 2.24) is 4.98 Å². The number of allylic oxidation sites excluding steroid dienone is 3. The van der Waals surface area contributed by atoms with Gasteiger partial charge in [0.2, 0.25) is 6.79 Å². The molecule has 2 heterocycles. The Labute approximate surface area is 179 Å². The maximum atomic E-state index is 9.54. The van der Waals surface area contributed by atoms with Gasteiger partial charge in [0, 0.05) is 20.4 Å². The van der Waals surface area contributed by atoms with Crippen LogP contribution in [0.3, 0.4) is 0 Å². The van der Waals surface area contributed by atoms with Gasteiger partial charge in [0.05, 0.1) is 11.3 Å². The van der Waals surface area contributed by atoms with E-state index in [1.54, 1.807) is 12.2 Å². The fraction of sp³-hybridized carbons (Fsp3) is 0.0476. The molecule has 7 heteroatoms. The van der Waals surface area contributed by atoms with Crippen LogP contribution in [0.2, 0.25) is 0 Å². The van der Waals surface area contributed by atoms with E-state index < -0.39 is 0 Å². The van der Waals surface area contributed by atoms with Crippen molar-refractivity contribution in [1.29, 1.82) is 5.26 Å². The second-order valence-electron chi connectivity index (χ2n) is 5.82. The average Bonchev–Trinajstić information content (AvgIpc) is 3.38. The van der Waals surface area contributed by atoms with Gasteiger partial charge >= 0.3 is 0 Å². The Bertz CT molecular complexity index is 1130. The zero-order valence-electron chi connectivity index (χ0n) is 14.4. The third-order valence-corrected chi connectivity index (χ3v) is 5.79. The molecule has 2 aromatic carbocycles. The molecule has 0 bridgehead atoms. The van der Waals surface area contributed by atoms with Gasteiger partial charge in [-0.25, -0.2) is 4.98 Å². The first-order chi connectivity index (χ1) is 13.6. The number of nitrogens with zero attached hydrogens (tertiary/aromatic N) is 2. The van der Waals surface area contributed by atoms with Crippen LogP contribution in [0.25, 0.3) is 21.9 Å². The Balaban J connectivity index is 1.59. The lowest BCUT2D eigenvalue weighted by atomic mass is 10.1. The van der Waals surface area contributed by atoms with Gasteiger partial charge in [-0.1, -0.05) is 39.7 Å². The third-order valence-electron chi connectivity index (χ3n) is 4.04. The van der Waals surface area contributed by atoms with Crippen molar-refractivity contribution in [2.75, 3.05) is 6.79 Å². The summed E-state index contributed by atoms with van der Waals surface area (Å²) in [6.07, 6.45) is 3.40. The van der Waals surface area contributed by atoms with Gasteiger partial charge in [0.1, 0.15) is 11.1 Å². The lowest BCUT2D eigenvalue weighted by Crippen LogP contribution is -1.92. The molecule has 0 saturated heterocycles. The normalized spacial score (nSPS) is 13.5. The molecule has 0 fully saturated rings. The van der Waals surface area contributed by atoms with Gasteiger partial charge in [-0.3, -0.25) is 0 Å². The molecule has 1 aromatic heterocycles. The Hall–Kier alpha value is -2.59. The van der Waals surface area contributed by atoms with E-state index >= 15 is 0 Å². The fourth-order valence-corrected chi connectivity index (χ4v) is 3.86. The molecule has 0 saturated carbocycles. The second-order valence-corrected chi connectivity index (χ2v) is 8.00. The van der Waals surface area contributed by atoms with E-state index in [0.29, 0.717) is 21.4 Å². The first-order valence-electron chi connectivity index (χ1n) is 8.23. The summed E-state index contributed by atoms with van der Waals surface area (Å²) in [6, 6.07) is 15.5. The van der Waals surface area contributed by atoms with E-state index in [4.69, 9.17) is 21.1 Å². The highest BCUT2D eigenvalue weighted by molar-refractivity contribution is 9.10. The number of thiazole rings is 1. The van der Waals surface area contributed by atoms with Crippen LogP contribution in [0.4, 0.5) is 0 Å². The topological polar surface area (TPSA) is 55.1 Å². The van der Waals surface area contributed by atoms with Crippen LogP contribution >= 0.6 is 38.9 Å². The molecule has 0 amide bonds. The molecule has 0 aliphatic carbocycles. The maximum absolute atomic E-state index is 9.54. The molecule has 0 radical (unpaired) electrons. The van der Waals surface area contributed by atoms with Crippen molar-refractivity contribution in [3.63, 3.8) is 0 Å². The minimum atomic E-state index is 0.230. The quantitative estimate of drug-likeness (QED) is 0.322. The number of benzene rings is 2. The van der Waals surface area contributed by atoms with Crippen LogP contribution in [0.1, 0.15) is 10.6 Å². The summed E-state index contributed by atoms with van der Waals surface area (Å²) in [4.78, 5) is 4.59. The number of rotatable bonds is 4. The number of ether oxygens (including phenoxy) is 2. The molecule has 1 aliphatic rings. The van der Waals surface area contributed by atoms with Crippen LogP contribution in [-0.2, 0) is 0 Å². The molecule has 0 N–H and O–H groups in total. The van der Waals surface area contributed by atoms with Gasteiger partial charge in [-0.05, 0) is 48.0 Å². The molecule has 0 atom stereocenters. The number of hydrogen-bond acceptors (Lipinski definition) is 5. The molecule has 3 aromatic rings. The maximum Gasteiger partial charge on any atom is 0.231 e. The standard InChI is InChI=1S/C21H12BrClN2O2S/c22-16-5-1-13(2-6-16)17(23)7-3-15(10-24)21-25-18(11-28-21)14-4-8-19-20(9-14)27-12-26-19/h1-9,11H,12H2/b15-3-,17-7-. The average molecular weight is 472 g/mol. The van der Waals surface area contributed by atoms with Gasteiger partial charge in [-0.2, -0.15) is 5.26 Å². The summed E-state index contributed by atoms with van der Waals surface area (Å²) < 4.78 is 11.7. The summed E-state index contributed by atoms with van der Waals surface area (Å²) in [6.45, 7) is 0.230. The first-order valence-corrected chi connectivity index (χ1v) is 10.3. The minimum Gasteiger partial charge on any atom is -0.454 e. The zero-order chi connectivity index (χ0) is 19.5. The van der Waals surface area contributed by atoms with Crippen LogP contribution < -0.4 is 9.47 Å². The number of aromatic nitrogens is 1. The number of nitriles is 1. The highest BCUT2D eigenvalue weighted by Crippen LogP contribution is 2.36. The second kappa shape index (κ2) is 8.19. The SMILES string of the molecule is N#C/C(=C/C=C(\Cl)c1ccc(Br)cc1)c1nc(-c2ccc3c(c2)OCO3)cs1. The zero-order valence-corrected chi connectivity index (χ0v) is 17.5. The smallest absolute Gasteiger partial charge is 0.231 e. The lowest BCUT2D eigenvalue weighted by molar-refractivity contribution is 0.174. The van der Waals surface area contributed by atoms with E-state index in [1.807, 2.05) is 47.8 Å². The van der Waals surface area contributed by atoms with Gasteiger partial charge < -0.3 is 9.47 Å². The van der Waals surface area contributed by atoms with Gasteiger partial charge in [0.15, 0.2) is 11.5 Å². The Morgan fingerprint density at radius 1 is 1.14 bits per heavy atom. The molecule has 138 valence electrons. The van der Waals surface area contributed by atoms with Gasteiger partial charge in [0.25, 0.3) is 0 Å². The molecule has 1 aliphatic heterocycles.